The lowest BCUT2D eigenvalue weighted by atomic mass is 10.1. The van der Waals surface area contributed by atoms with Crippen LogP contribution in [0.25, 0.3) is 0 Å². The highest BCUT2D eigenvalue weighted by Crippen LogP contribution is 2.14. The molecule has 0 aliphatic heterocycles. The van der Waals surface area contributed by atoms with E-state index in [-0.39, 0.29) is 24.7 Å². The number of hydrogen-bond donors (Lipinski definition) is 2. The molecule has 2 N–H and O–H groups in total. The fourth-order valence-corrected chi connectivity index (χ4v) is 2.69. The third kappa shape index (κ3) is 5.31. The lowest BCUT2D eigenvalue weighted by molar-refractivity contribution is -0.124. The van der Waals surface area contributed by atoms with Crippen molar-refractivity contribution in [2.24, 2.45) is 5.10 Å². The van der Waals surface area contributed by atoms with Crippen LogP contribution in [-0.4, -0.2) is 17.5 Å². The Balaban J connectivity index is 1.77. The van der Waals surface area contributed by atoms with E-state index in [0.29, 0.717) is 0 Å². The van der Waals surface area contributed by atoms with Crippen molar-refractivity contribution in [2.75, 3.05) is 5.32 Å². The van der Waals surface area contributed by atoms with Gasteiger partial charge in [-0.05, 0) is 55.5 Å². The number of thiophene rings is 1. The maximum atomic E-state index is 11.9. The molecule has 1 aromatic heterocycles. The van der Waals surface area contributed by atoms with Crippen LogP contribution in [0.15, 0.2) is 40.8 Å². The molecule has 0 bridgehead atoms. The number of rotatable bonds is 6. The summed E-state index contributed by atoms with van der Waals surface area (Å²) in [5.41, 5.74) is 6.26. The predicted molar refractivity (Wildman–Crippen MR) is 98.5 cm³/mol. The second-order valence-corrected chi connectivity index (χ2v) is 6.50. The molecular weight excluding hydrogens is 322 g/mol. The molecule has 0 atom stereocenters. The highest BCUT2D eigenvalue weighted by molar-refractivity contribution is 7.12. The van der Waals surface area contributed by atoms with Gasteiger partial charge in [0.15, 0.2) is 0 Å². The normalized spacial score (nSPS) is 11.2. The number of anilines is 1. The summed E-state index contributed by atoms with van der Waals surface area (Å²) in [7, 11) is 0. The van der Waals surface area contributed by atoms with Crippen molar-refractivity contribution in [3.8, 4) is 0 Å². The van der Waals surface area contributed by atoms with Crippen LogP contribution in [0.2, 0.25) is 0 Å². The zero-order valence-corrected chi connectivity index (χ0v) is 14.9. The Morgan fingerprint density at radius 2 is 1.83 bits per heavy atom. The molecule has 126 valence electrons. The fourth-order valence-electron chi connectivity index (χ4n) is 2.01. The number of benzene rings is 1. The van der Waals surface area contributed by atoms with Crippen LogP contribution in [0.4, 0.5) is 5.69 Å². The quantitative estimate of drug-likeness (QED) is 0.621. The van der Waals surface area contributed by atoms with E-state index in [9.17, 15) is 9.59 Å². The van der Waals surface area contributed by atoms with E-state index in [1.165, 1.54) is 5.56 Å². The molecule has 0 unspecified atom stereocenters. The van der Waals surface area contributed by atoms with Crippen LogP contribution in [0.1, 0.15) is 35.8 Å². The number of hydrazone groups is 1. The Bertz CT molecular complexity index is 752. The molecule has 0 fully saturated rings. The van der Waals surface area contributed by atoms with Crippen molar-refractivity contribution in [2.45, 2.75) is 33.6 Å². The van der Waals surface area contributed by atoms with Crippen LogP contribution in [-0.2, 0) is 9.59 Å². The first-order valence-electron chi connectivity index (χ1n) is 7.70. The van der Waals surface area contributed by atoms with Crippen molar-refractivity contribution >= 4 is 34.6 Å². The van der Waals surface area contributed by atoms with Crippen LogP contribution >= 0.6 is 11.3 Å². The molecule has 0 saturated heterocycles. The molecule has 5 nitrogen and oxygen atoms in total. The fraction of sp³-hybridized carbons (Fsp3) is 0.278. The zero-order valence-electron chi connectivity index (χ0n) is 14.1. The van der Waals surface area contributed by atoms with Gasteiger partial charge in [-0.15, -0.1) is 11.3 Å². The summed E-state index contributed by atoms with van der Waals surface area (Å²) in [6.45, 7) is 5.84. The van der Waals surface area contributed by atoms with Gasteiger partial charge in [-0.1, -0.05) is 12.1 Å². The summed E-state index contributed by atoms with van der Waals surface area (Å²) in [5, 5.41) is 8.80. The SMILES string of the molecule is C/C(=N\NC(=O)CCC(=O)Nc1ccc(C)c(C)c1)c1cccs1. The van der Waals surface area contributed by atoms with Gasteiger partial charge in [0.25, 0.3) is 0 Å². The molecular formula is C18H21N3O2S. The lowest BCUT2D eigenvalue weighted by Crippen LogP contribution is -2.21. The molecule has 24 heavy (non-hydrogen) atoms. The van der Waals surface area contributed by atoms with Gasteiger partial charge in [-0.25, -0.2) is 5.43 Å². The van der Waals surface area contributed by atoms with E-state index in [4.69, 9.17) is 0 Å². The number of nitrogens with zero attached hydrogens (tertiary/aromatic N) is 1. The first-order chi connectivity index (χ1) is 11.5. The highest BCUT2D eigenvalue weighted by Gasteiger charge is 2.08. The van der Waals surface area contributed by atoms with Gasteiger partial charge in [-0.2, -0.15) is 5.10 Å². The van der Waals surface area contributed by atoms with Crippen LogP contribution in [0, 0.1) is 13.8 Å². The predicted octanol–water partition coefficient (Wildman–Crippen LogP) is 3.62. The Hall–Kier alpha value is -2.47. The second kappa shape index (κ2) is 8.40. The van der Waals surface area contributed by atoms with Crippen LogP contribution < -0.4 is 10.7 Å². The Labute approximate surface area is 145 Å². The topological polar surface area (TPSA) is 70.6 Å². The molecule has 0 aliphatic carbocycles. The maximum Gasteiger partial charge on any atom is 0.240 e. The van der Waals surface area contributed by atoms with Crippen molar-refractivity contribution in [3.63, 3.8) is 0 Å². The van der Waals surface area contributed by atoms with Crippen LogP contribution in [0.5, 0.6) is 0 Å². The number of nitrogens with one attached hydrogen (secondary N) is 2. The molecule has 1 heterocycles. The van der Waals surface area contributed by atoms with Gasteiger partial charge < -0.3 is 5.32 Å². The second-order valence-electron chi connectivity index (χ2n) is 5.56. The summed E-state index contributed by atoms with van der Waals surface area (Å²) < 4.78 is 0. The van der Waals surface area contributed by atoms with E-state index in [0.717, 1.165) is 21.8 Å². The molecule has 0 radical (unpaired) electrons. The first kappa shape index (κ1) is 17.9. The third-order valence-corrected chi connectivity index (χ3v) is 4.57. The summed E-state index contributed by atoms with van der Waals surface area (Å²) >= 11 is 1.56. The Morgan fingerprint density at radius 3 is 2.50 bits per heavy atom. The largest absolute Gasteiger partial charge is 0.326 e. The number of carbonyl (C=O) groups excluding carboxylic acids is 2. The minimum atomic E-state index is -0.277. The molecule has 2 amide bonds. The first-order valence-corrected chi connectivity index (χ1v) is 8.58. The summed E-state index contributed by atoms with van der Waals surface area (Å²) in [6, 6.07) is 9.60. The number of carbonyl (C=O) groups is 2. The maximum absolute atomic E-state index is 11.9. The van der Waals surface area contributed by atoms with Gasteiger partial charge in [0.2, 0.25) is 11.8 Å². The zero-order chi connectivity index (χ0) is 17.5. The monoisotopic (exact) mass is 343 g/mol. The van der Waals surface area contributed by atoms with Crippen molar-refractivity contribution < 1.29 is 9.59 Å². The molecule has 0 saturated carbocycles. The van der Waals surface area contributed by atoms with Crippen molar-refractivity contribution in [3.05, 3.63) is 51.7 Å². The average Bonchev–Trinajstić information content (AvgIpc) is 3.08. The van der Waals surface area contributed by atoms with Crippen LogP contribution in [0.3, 0.4) is 0 Å². The van der Waals surface area contributed by atoms with Gasteiger partial charge in [0, 0.05) is 23.4 Å². The smallest absolute Gasteiger partial charge is 0.240 e. The molecule has 2 rings (SSSR count). The minimum Gasteiger partial charge on any atom is -0.326 e. The highest BCUT2D eigenvalue weighted by atomic mass is 32.1. The number of amides is 2. The summed E-state index contributed by atoms with van der Waals surface area (Å²) in [6.07, 6.45) is 0.213. The molecule has 0 spiro atoms. The van der Waals surface area contributed by atoms with Gasteiger partial charge in [0.1, 0.15) is 0 Å². The van der Waals surface area contributed by atoms with E-state index in [2.05, 4.69) is 15.8 Å². The molecule has 2 aromatic rings. The average molecular weight is 343 g/mol. The standard InChI is InChI=1S/C18H21N3O2S/c1-12-6-7-15(11-13(12)2)19-17(22)8-9-18(23)21-20-14(3)16-5-4-10-24-16/h4-7,10-11H,8-9H2,1-3H3,(H,19,22)(H,21,23)/b20-14+. The lowest BCUT2D eigenvalue weighted by Gasteiger charge is -2.07. The van der Waals surface area contributed by atoms with E-state index in [1.807, 2.05) is 56.5 Å². The van der Waals surface area contributed by atoms with Crippen molar-refractivity contribution in [1.82, 2.24) is 5.43 Å². The number of hydrogen-bond acceptors (Lipinski definition) is 4. The summed E-state index contributed by atoms with van der Waals surface area (Å²) in [4.78, 5) is 24.7. The summed E-state index contributed by atoms with van der Waals surface area (Å²) in [5.74, 6) is -0.464. The molecule has 1 aromatic carbocycles. The molecule has 0 aliphatic rings. The molecule has 6 heteroatoms. The minimum absolute atomic E-state index is 0.0951. The van der Waals surface area contributed by atoms with Crippen molar-refractivity contribution in [1.29, 1.82) is 0 Å². The number of aryl methyl sites for hydroxylation is 2. The Morgan fingerprint density at radius 1 is 1.08 bits per heavy atom. The Kier molecular flexibility index (Phi) is 6.26. The van der Waals surface area contributed by atoms with Gasteiger partial charge in [-0.3, -0.25) is 9.59 Å². The van der Waals surface area contributed by atoms with E-state index >= 15 is 0 Å². The van der Waals surface area contributed by atoms with E-state index in [1.54, 1.807) is 11.3 Å². The van der Waals surface area contributed by atoms with Gasteiger partial charge in [0.05, 0.1) is 5.71 Å². The van der Waals surface area contributed by atoms with E-state index < -0.39 is 0 Å². The van der Waals surface area contributed by atoms with Gasteiger partial charge >= 0.3 is 0 Å². The third-order valence-electron chi connectivity index (χ3n) is 3.60.